The number of para-hydroxylation sites is 2. The largest absolute Gasteiger partial charge is 0.497 e. The zero-order valence-electron chi connectivity index (χ0n) is 19.4. The molecule has 1 heterocycles. The number of amides is 2. The van der Waals surface area contributed by atoms with Crippen molar-refractivity contribution in [2.45, 2.75) is 33.1 Å². The van der Waals surface area contributed by atoms with E-state index in [1.54, 1.807) is 43.5 Å². The second-order valence-corrected chi connectivity index (χ2v) is 7.82. The zero-order valence-corrected chi connectivity index (χ0v) is 19.4. The molecule has 0 unspecified atom stereocenters. The van der Waals surface area contributed by atoms with Crippen molar-refractivity contribution in [2.24, 2.45) is 5.10 Å². The number of hydrogen-bond donors (Lipinski definition) is 2. The van der Waals surface area contributed by atoms with Gasteiger partial charge in [0.15, 0.2) is 5.76 Å². The van der Waals surface area contributed by atoms with Gasteiger partial charge in [-0.25, -0.2) is 5.43 Å². The molecule has 1 aromatic heterocycles. The minimum Gasteiger partial charge on any atom is -0.497 e. The van der Waals surface area contributed by atoms with Gasteiger partial charge in [-0.05, 0) is 63.1 Å². The summed E-state index contributed by atoms with van der Waals surface area (Å²) in [7, 11) is 1.57. The maximum atomic E-state index is 13.0. The number of hydrazone groups is 1. The first-order chi connectivity index (χ1) is 16.5. The quantitative estimate of drug-likeness (QED) is 0.496. The van der Waals surface area contributed by atoms with Gasteiger partial charge >= 0.3 is 0 Å². The Morgan fingerprint density at radius 1 is 1.06 bits per heavy atom. The number of methoxy groups -OCH3 is 1. The molecule has 2 aromatic carbocycles. The van der Waals surface area contributed by atoms with Crippen molar-refractivity contribution in [1.29, 1.82) is 0 Å². The third kappa shape index (κ3) is 4.80. The number of fused-ring (bicyclic) bond motifs is 1. The molecule has 1 aliphatic carbocycles. The predicted octanol–water partition coefficient (Wildman–Crippen LogP) is 4.72. The SMILES string of the molecule is CCOc1ccccc1NC(=O)c1oc2c(c1C)/C(=N/NC(=O)c1ccc(OC)cc1)CCC2. The minimum absolute atomic E-state index is 0.229. The molecule has 176 valence electrons. The summed E-state index contributed by atoms with van der Waals surface area (Å²) in [4.78, 5) is 25.6. The van der Waals surface area contributed by atoms with Crippen LogP contribution in [0.15, 0.2) is 58.0 Å². The van der Waals surface area contributed by atoms with E-state index in [0.717, 1.165) is 12.0 Å². The van der Waals surface area contributed by atoms with Crippen LogP contribution in [-0.4, -0.2) is 31.2 Å². The molecule has 8 nitrogen and oxygen atoms in total. The Balaban J connectivity index is 1.54. The van der Waals surface area contributed by atoms with Gasteiger partial charge in [-0.2, -0.15) is 5.10 Å². The topological polar surface area (TPSA) is 102 Å². The van der Waals surface area contributed by atoms with Crippen LogP contribution in [0, 0.1) is 6.92 Å². The highest BCUT2D eigenvalue weighted by molar-refractivity contribution is 6.10. The van der Waals surface area contributed by atoms with Crippen LogP contribution in [0.5, 0.6) is 11.5 Å². The third-order valence-electron chi connectivity index (χ3n) is 5.61. The van der Waals surface area contributed by atoms with Crippen molar-refractivity contribution in [3.63, 3.8) is 0 Å². The lowest BCUT2D eigenvalue weighted by atomic mass is 9.93. The highest BCUT2D eigenvalue weighted by Crippen LogP contribution is 2.31. The van der Waals surface area contributed by atoms with E-state index in [1.165, 1.54) is 0 Å². The van der Waals surface area contributed by atoms with E-state index in [-0.39, 0.29) is 17.6 Å². The monoisotopic (exact) mass is 461 g/mol. The van der Waals surface area contributed by atoms with Crippen LogP contribution >= 0.6 is 0 Å². The molecular formula is C26H27N3O5. The van der Waals surface area contributed by atoms with E-state index in [2.05, 4.69) is 15.8 Å². The maximum Gasteiger partial charge on any atom is 0.291 e. The van der Waals surface area contributed by atoms with E-state index in [1.807, 2.05) is 26.0 Å². The third-order valence-corrected chi connectivity index (χ3v) is 5.61. The Kier molecular flexibility index (Phi) is 6.96. The lowest BCUT2D eigenvalue weighted by Crippen LogP contribution is -2.22. The van der Waals surface area contributed by atoms with Crippen molar-refractivity contribution in [3.8, 4) is 11.5 Å². The van der Waals surface area contributed by atoms with Gasteiger partial charge in [-0.1, -0.05) is 12.1 Å². The number of hydrogen-bond acceptors (Lipinski definition) is 6. The van der Waals surface area contributed by atoms with Crippen LogP contribution in [0.2, 0.25) is 0 Å². The van der Waals surface area contributed by atoms with Gasteiger partial charge in [0, 0.05) is 23.1 Å². The van der Waals surface area contributed by atoms with Crippen LogP contribution in [-0.2, 0) is 6.42 Å². The molecule has 0 aliphatic heterocycles. The summed E-state index contributed by atoms with van der Waals surface area (Å²) in [5.74, 6) is 1.51. The van der Waals surface area contributed by atoms with Crippen LogP contribution in [0.3, 0.4) is 0 Å². The molecule has 8 heteroatoms. The van der Waals surface area contributed by atoms with Crippen molar-refractivity contribution < 1.29 is 23.5 Å². The number of rotatable bonds is 7. The maximum absolute atomic E-state index is 13.0. The van der Waals surface area contributed by atoms with Crippen molar-refractivity contribution in [2.75, 3.05) is 19.0 Å². The number of aryl methyl sites for hydroxylation is 1. The molecule has 1 aliphatic rings. The normalized spacial score (nSPS) is 13.8. The fourth-order valence-electron chi connectivity index (χ4n) is 3.95. The van der Waals surface area contributed by atoms with Crippen molar-refractivity contribution >= 4 is 23.2 Å². The second-order valence-electron chi connectivity index (χ2n) is 7.82. The fraction of sp³-hybridized carbons (Fsp3) is 0.269. The van der Waals surface area contributed by atoms with Crippen LogP contribution in [0.4, 0.5) is 5.69 Å². The first-order valence-corrected chi connectivity index (χ1v) is 11.2. The Bertz CT molecular complexity index is 1230. The first kappa shape index (κ1) is 23.1. The van der Waals surface area contributed by atoms with Gasteiger partial charge in [0.05, 0.1) is 25.1 Å². The Morgan fingerprint density at radius 3 is 2.56 bits per heavy atom. The molecule has 3 aromatic rings. The zero-order chi connectivity index (χ0) is 24.1. The van der Waals surface area contributed by atoms with Crippen molar-refractivity contribution in [1.82, 2.24) is 5.43 Å². The number of ether oxygens (including phenoxy) is 2. The number of carbonyl (C=O) groups is 2. The minimum atomic E-state index is -0.360. The average molecular weight is 462 g/mol. The summed E-state index contributed by atoms with van der Waals surface area (Å²) < 4.78 is 16.7. The van der Waals surface area contributed by atoms with Gasteiger partial charge in [0.2, 0.25) is 0 Å². The van der Waals surface area contributed by atoms with Gasteiger partial charge in [0.1, 0.15) is 17.3 Å². The molecule has 34 heavy (non-hydrogen) atoms. The number of nitrogens with one attached hydrogen (secondary N) is 2. The molecule has 0 saturated heterocycles. The van der Waals surface area contributed by atoms with Crippen LogP contribution in [0.1, 0.15) is 57.6 Å². The van der Waals surface area contributed by atoms with Crippen LogP contribution in [0.25, 0.3) is 0 Å². The highest BCUT2D eigenvalue weighted by Gasteiger charge is 2.28. The van der Waals surface area contributed by atoms with E-state index in [0.29, 0.717) is 59.2 Å². The van der Waals surface area contributed by atoms with Gasteiger partial charge in [-0.3, -0.25) is 9.59 Å². The molecule has 0 fully saturated rings. The van der Waals surface area contributed by atoms with Gasteiger partial charge in [0.25, 0.3) is 11.8 Å². The first-order valence-electron chi connectivity index (χ1n) is 11.2. The summed E-state index contributed by atoms with van der Waals surface area (Å²) >= 11 is 0. The van der Waals surface area contributed by atoms with Crippen LogP contribution < -0.4 is 20.2 Å². The molecule has 0 radical (unpaired) electrons. The summed E-state index contributed by atoms with van der Waals surface area (Å²) in [6.07, 6.45) is 2.18. The smallest absolute Gasteiger partial charge is 0.291 e. The Labute approximate surface area is 197 Å². The molecule has 0 spiro atoms. The van der Waals surface area contributed by atoms with E-state index in [9.17, 15) is 9.59 Å². The molecule has 2 N–H and O–H groups in total. The molecule has 4 rings (SSSR count). The molecule has 0 bridgehead atoms. The summed E-state index contributed by atoms with van der Waals surface area (Å²) in [5.41, 5.74) is 5.83. The van der Waals surface area contributed by atoms with Crippen molar-refractivity contribution in [3.05, 3.63) is 76.7 Å². The summed E-state index contributed by atoms with van der Waals surface area (Å²) in [5, 5.41) is 7.25. The van der Waals surface area contributed by atoms with Gasteiger partial charge < -0.3 is 19.2 Å². The number of furan rings is 1. The lowest BCUT2D eigenvalue weighted by molar-refractivity contribution is 0.0953. The standard InChI is InChI=1S/C26H27N3O5/c1-4-33-21-10-6-5-8-19(21)27-26(31)24-16(2)23-20(9-7-11-22(23)34-24)28-29-25(30)17-12-14-18(32-3)15-13-17/h5-6,8,10,12-15H,4,7,9,11H2,1-3H3,(H,27,31)(H,29,30)/b28-20+. The molecule has 0 atom stereocenters. The molecule has 0 saturated carbocycles. The van der Waals surface area contributed by atoms with E-state index >= 15 is 0 Å². The number of benzene rings is 2. The Morgan fingerprint density at radius 2 is 1.82 bits per heavy atom. The van der Waals surface area contributed by atoms with Gasteiger partial charge in [-0.15, -0.1) is 0 Å². The number of anilines is 1. The number of nitrogens with zero attached hydrogens (tertiary/aromatic N) is 1. The Hall–Kier alpha value is -4.07. The highest BCUT2D eigenvalue weighted by atomic mass is 16.5. The predicted molar refractivity (Wildman–Crippen MR) is 129 cm³/mol. The molecular weight excluding hydrogens is 434 g/mol. The summed E-state index contributed by atoms with van der Waals surface area (Å²) in [6, 6.07) is 14.0. The summed E-state index contributed by atoms with van der Waals surface area (Å²) in [6.45, 7) is 4.21. The average Bonchev–Trinajstić information content (AvgIpc) is 3.21. The lowest BCUT2D eigenvalue weighted by Gasteiger charge is -2.13. The second kappa shape index (κ2) is 10.2. The van der Waals surface area contributed by atoms with E-state index in [4.69, 9.17) is 13.9 Å². The molecule has 2 amide bonds. The number of carbonyl (C=O) groups excluding carboxylic acids is 2. The van der Waals surface area contributed by atoms with E-state index < -0.39 is 0 Å². The fourth-order valence-corrected chi connectivity index (χ4v) is 3.95.